The Hall–Kier alpha value is -2.20. The lowest BCUT2D eigenvalue weighted by atomic mass is 10.1. The normalized spacial score (nSPS) is 19.8. The molecular formula is C18H22N4. The first-order valence-electron chi connectivity index (χ1n) is 7.67. The maximum Gasteiger partial charge on any atom is 0.149 e. The van der Waals surface area contributed by atoms with Crippen molar-refractivity contribution >= 4 is 11.4 Å². The van der Waals surface area contributed by atoms with E-state index in [9.17, 15) is 0 Å². The van der Waals surface area contributed by atoms with Gasteiger partial charge < -0.3 is 10.2 Å². The lowest BCUT2D eigenvalue weighted by molar-refractivity contribution is 0.288. The van der Waals surface area contributed by atoms with Crippen molar-refractivity contribution < 1.29 is 0 Å². The molecule has 4 heteroatoms. The van der Waals surface area contributed by atoms with Gasteiger partial charge in [-0.15, -0.1) is 0 Å². The summed E-state index contributed by atoms with van der Waals surface area (Å²) < 4.78 is 0. The number of hydrogen-bond acceptors (Lipinski definition) is 4. The summed E-state index contributed by atoms with van der Waals surface area (Å²) in [5, 5.41) is 12.3. The highest BCUT2D eigenvalue weighted by molar-refractivity contribution is 5.66. The molecule has 114 valence electrons. The van der Waals surface area contributed by atoms with Crippen molar-refractivity contribution in [3.8, 4) is 0 Å². The first-order valence-corrected chi connectivity index (χ1v) is 7.67. The average molecular weight is 294 g/mol. The van der Waals surface area contributed by atoms with Gasteiger partial charge in [0.25, 0.3) is 0 Å². The molecule has 0 aliphatic carbocycles. The van der Waals surface area contributed by atoms with Crippen LogP contribution in [0.1, 0.15) is 18.9 Å². The Labute approximate surface area is 131 Å². The minimum absolute atomic E-state index is 0.334. The monoisotopic (exact) mass is 294 g/mol. The van der Waals surface area contributed by atoms with E-state index < -0.39 is 0 Å². The SMILES string of the molecule is CN(CCC1(C)N=Nc2ccccc2N1)Cc1ccccc1. The number of benzene rings is 2. The number of para-hydroxylation sites is 1. The molecule has 0 amide bonds. The Morgan fingerprint density at radius 3 is 2.59 bits per heavy atom. The second-order valence-corrected chi connectivity index (χ2v) is 6.09. The molecule has 1 unspecified atom stereocenters. The maximum atomic E-state index is 4.47. The van der Waals surface area contributed by atoms with Gasteiger partial charge in [-0.3, -0.25) is 0 Å². The molecule has 1 aliphatic heterocycles. The fraction of sp³-hybridized carbons (Fsp3) is 0.333. The number of rotatable bonds is 5. The third-order valence-corrected chi connectivity index (χ3v) is 3.96. The predicted octanol–water partition coefficient (Wildman–Crippen LogP) is 4.43. The van der Waals surface area contributed by atoms with Gasteiger partial charge in [0, 0.05) is 19.5 Å². The van der Waals surface area contributed by atoms with Gasteiger partial charge in [0.05, 0.1) is 5.69 Å². The average Bonchev–Trinajstić information content (AvgIpc) is 2.54. The quantitative estimate of drug-likeness (QED) is 0.886. The first-order chi connectivity index (χ1) is 10.6. The van der Waals surface area contributed by atoms with Gasteiger partial charge in [0.1, 0.15) is 11.4 Å². The summed E-state index contributed by atoms with van der Waals surface area (Å²) in [5.74, 6) is 0. The second kappa shape index (κ2) is 6.28. The van der Waals surface area contributed by atoms with Crippen LogP contribution in [0.3, 0.4) is 0 Å². The highest BCUT2D eigenvalue weighted by Gasteiger charge is 2.27. The largest absolute Gasteiger partial charge is 0.358 e. The zero-order valence-electron chi connectivity index (χ0n) is 13.2. The third kappa shape index (κ3) is 3.52. The lowest BCUT2D eigenvalue weighted by Crippen LogP contribution is -2.37. The molecule has 1 heterocycles. The van der Waals surface area contributed by atoms with E-state index in [1.54, 1.807) is 0 Å². The van der Waals surface area contributed by atoms with Gasteiger partial charge in [-0.05, 0) is 31.7 Å². The highest BCUT2D eigenvalue weighted by atomic mass is 15.3. The molecule has 0 fully saturated rings. The summed E-state index contributed by atoms with van der Waals surface area (Å²) in [6.07, 6.45) is 0.911. The fourth-order valence-electron chi connectivity index (χ4n) is 2.64. The summed E-state index contributed by atoms with van der Waals surface area (Å²) in [7, 11) is 2.14. The van der Waals surface area contributed by atoms with Crippen LogP contribution in [0.4, 0.5) is 11.4 Å². The smallest absolute Gasteiger partial charge is 0.149 e. The molecule has 0 spiro atoms. The van der Waals surface area contributed by atoms with E-state index in [-0.39, 0.29) is 5.66 Å². The van der Waals surface area contributed by atoms with Crippen LogP contribution in [0.15, 0.2) is 64.8 Å². The van der Waals surface area contributed by atoms with Crippen LogP contribution in [0.25, 0.3) is 0 Å². The second-order valence-electron chi connectivity index (χ2n) is 6.09. The van der Waals surface area contributed by atoms with Crippen molar-refractivity contribution in [1.29, 1.82) is 0 Å². The number of anilines is 1. The Balaban J connectivity index is 1.57. The predicted molar refractivity (Wildman–Crippen MR) is 90.4 cm³/mol. The van der Waals surface area contributed by atoms with Crippen molar-refractivity contribution in [3.05, 3.63) is 60.2 Å². The molecule has 1 N–H and O–H groups in total. The van der Waals surface area contributed by atoms with Crippen LogP contribution >= 0.6 is 0 Å². The third-order valence-electron chi connectivity index (χ3n) is 3.96. The van der Waals surface area contributed by atoms with E-state index >= 15 is 0 Å². The zero-order valence-corrected chi connectivity index (χ0v) is 13.2. The van der Waals surface area contributed by atoms with Crippen LogP contribution in [-0.2, 0) is 6.54 Å². The molecule has 3 rings (SSSR count). The van der Waals surface area contributed by atoms with Crippen LogP contribution < -0.4 is 5.32 Å². The van der Waals surface area contributed by atoms with E-state index in [0.29, 0.717) is 0 Å². The molecule has 0 radical (unpaired) electrons. The molecule has 1 aliphatic rings. The molecule has 4 nitrogen and oxygen atoms in total. The Morgan fingerprint density at radius 2 is 1.77 bits per heavy atom. The van der Waals surface area contributed by atoms with Crippen molar-refractivity contribution in [3.63, 3.8) is 0 Å². The Bertz CT molecular complexity index is 653. The summed E-state index contributed by atoms with van der Waals surface area (Å²) in [4.78, 5) is 2.32. The lowest BCUT2D eigenvalue weighted by Gasteiger charge is -2.31. The van der Waals surface area contributed by atoms with Gasteiger partial charge in [-0.25, -0.2) is 0 Å². The van der Waals surface area contributed by atoms with Crippen molar-refractivity contribution in [1.82, 2.24) is 4.90 Å². The van der Waals surface area contributed by atoms with Crippen LogP contribution in [0.5, 0.6) is 0 Å². The van der Waals surface area contributed by atoms with E-state index in [0.717, 1.165) is 30.9 Å². The van der Waals surface area contributed by atoms with Crippen molar-refractivity contribution in [2.75, 3.05) is 18.9 Å². The summed E-state index contributed by atoms with van der Waals surface area (Å²) in [5.41, 5.74) is 2.97. The molecule has 0 saturated heterocycles. The minimum Gasteiger partial charge on any atom is -0.358 e. The van der Waals surface area contributed by atoms with Gasteiger partial charge in [0.2, 0.25) is 0 Å². The number of fused-ring (bicyclic) bond motifs is 1. The molecule has 2 aromatic carbocycles. The fourth-order valence-corrected chi connectivity index (χ4v) is 2.64. The molecule has 0 saturated carbocycles. The number of hydrogen-bond donors (Lipinski definition) is 1. The standard InChI is InChI=1S/C18H22N4/c1-18(19-16-10-6-7-11-17(16)20-21-18)12-13-22(2)14-15-8-4-3-5-9-15/h3-11,19H,12-14H2,1-2H3. The summed E-state index contributed by atoms with van der Waals surface area (Å²) in [6.45, 7) is 4.01. The van der Waals surface area contributed by atoms with Gasteiger partial charge >= 0.3 is 0 Å². The van der Waals surface area contributed by atoms with Crippen LogP contribution in [0, 0.1) is 0 Å². The Kier molecular flexibility index (Phi) is 4.20. The molecule has 1 atom stereocenters. The highest BCUT2D eigenvalue weighted by Crippen LogP contribution is 2.34. The molecule has 0 bridgehead atoms. The van der Waals surface area contributed by atoms with E-state index in [1.807, 2.05) is 24.3 Å². The van der Waals surface area contributed by atoms with Gasteiger partial charge in [0.15, 0.2) is 0 Å². The van der Waals surface area contributed by atoms with Crippen LogP contribution in [-0.4, -0.2) is 24.2 Å². The van der Waals surface area contributed by atoms with E-state index in [2.05, 4.69) is 64.7 Å². The first kappa shape index (κ1) is 14.7. The molecule has 2 aromatic rings. The number of nitrogens with zero attached hydrogens (tertiary/aromatic N) is 3. The van der Waals surface area contributed by atoms with Crippen LogP contribution in [0.2, 0.25) is 0 Å². The molecule has 22 heavy (non-hydrogen) atoms. The van der Waals surface area contributed by atoms with Gasteiger partial charge in [-0.1, -0.05) is 42.5 Å². The number of nitrogens with one attached hydrogen (secondary N) is 1. The maximum absolute atomic E-state index is 4.47. The van der Waals surface area contributed by atoms with E-state index in [1.165, 1.54) is 5.56 Å². The summed E-state index contributed by atoms with van der Waals surface area (Å²) in [6, 6.07) is 18.6. The minimum atomic E-state index is -0.334. The number of azo groups is 1. The van der Waals surface area contributed by atoms with Crippen molar-refractivity contribution in [2.45, 2.75) is 25.6 Å². The Morgan fingerprint density at radius 1 is 1.05 bits per heavy atom. The summed E-state index contributed by atoms with van der Waals surface area (Å²) >= 11 is 0. The van der Waals surface area contributed by atoms with Crippen molar-refractivity contribution in [2.24, 2.45) is 10.2 Å². The van der Waals surface area contributed by atoms with Gasteiger partial charge in [-0.2, -0.15) is 10.2 Å². The molecule has 0 aromatic heterocycles. The van der Waals surface area contributed by atoms with E-state index in [4.69, 9.17) is 0 Å². The molecular weight excluding hydrogens is 272 g/mol. The zero-order chi connectivity index (χ0) is 15.4. The topological polar surface area (TPSA) is 40.0 Å².